The van der Waals surface area contributed by atoms with E-state index in [0.717, 1.165) is 32.1 Å². The van der Waals surface area contributed by atoms with E-state index < -0.39 is 11.9 Å². The van der Waals surface area contributed by atoms with Crippen LogP contribution in [0.1, 0.15) is 68.7 Å². The van der Waals surface area contributed by atoms with Gasteiger partial charge in [0, 0.05) is 25.1 Å². The molecule has 0 bridgehead atoms. The number of nitrogens with zero attached hydrogens (tertiary/aromatic N) is 2. The first-order valence-corrected chi connectivity index (χ1v) is 13.1. The van der Waals surface area contributed by atoms with Crippen molar-refractivity contribution in [3.8, 4) is 0 Å². The first-order chi connectivity index (χ1) is 18.5. The fraction of sp³-hybridized carbons (Fsp3) is 0.379. The van der Waals surface area contributed by atoms with Crippen LogP contribution in [0.25, 0.3) is 0 Å². The maximum atomic E-state index is 13.7. The number of pyridine rings is 1. The Bertz CT molecular complexity index is 1180. The Hall–Kier alpha value is -4.01. The predicted octanol–water partition coefficient (Wildman–Crippen LogP) is 5.14. The van der Waals surface area contributed by atoms with Gasteiger partial charge in [-0.2, -0.15) is 0 Å². The summed E-state index contributed by atoms with van der Waals surface area (Å²) >= 11 is 0. The van der Waals surface area contributed by atoms with Crippen LogP contribution < -0.4 is 10.6 Å². The zero-order valence-corrected chi connectivity index (χ0v) is 21.3. The summed E-state index contributed by atoms with van der Waals surface area (Å²) in [5.74, 6) is -0.332. The predicted molar refractivity (Wildman–Crippen MR) is 140 cm³/mol. The van der Waals surface area contributed by atoms with Crippen molar-refractivity contribution in [3.63, 3.8) is 0 Å². The SMILES string of the molecule is O=C(CCCC(=O)N(Cc1ccco1)[C@H](C(=O)NC1CCCCC1)c1ccc(F)cc1)Nc1ccccn1. The molecule has 1 aliphatic rings. The molecule has 1 aliphatic carbocycles. The molecule has 0 spiro atoms. The molecule has 4 rings (SSSR count). The first kappa shape index (κ1) is 27.0. The van der Waals surface area contributed by atoms with E-state index in [1.807, 2.05) is 0 Å². The first-order valence-electron chi connectivity index (χ1n) is 13.1. The van der Waals surface area contributed by atoms with Crippen molar-refractivity contribution in [2.45, 2.75) is 70.0 Å². The minimum absolute atomic E-state index is 0.0371. The van der Waals surface area contributed by atoms with Gasteiger partial charge in [0.2, 0.25) is 17.7 Å². The van der Waals surface area contributed by atoms with Crippen molar-refractivity contribution in [2.24, 2.45) is 0 Å². The number of hydrogen-bond acceptors (Lipinski definition) is 5. The molecule has 2 heterocycles. The lowest BCUT2D eigenvalue weighted by molar-refractivity contribution is -0.142. The van der Waals surface area contributed by atoms with Crippen LogP contribution in [0, 0.1) is 5.82 Å². The average Bonchev–Trinajstić information content (AvgIpc) is 3.44. The second kappa shape index (κ2) is 13.5. The maximum Gasteiger partial charge on any atom is 0.247 e. The highest BCUT2D eigenvalue weighted by Gasteiger charge is 2.33. The number of aromatic nitrogens is 1. The molecule has 38 heavy (non-hydrogen) atoms. The summed E-state index contributed by atoms with van der Waals surface area (Å²) in [5, 5.41) is 5.83. The fourth-order valence-corrected chi connectivity index (χ4v) is 4.72. The Morgan fingerprint density at radius 3 is 2.47 bits per heavy atom. The summed E-state index contributed by atoms with van der Waals surface area (Å²) in [6.45, 7) is 0.0616. The molecule has 9 heteroatoms. The van der Waals surface area contributed by atoms with E-state index in [1.165, 1.54) is 35.4 Å². The molecular weight excluding hydrogens is 487 g/mol. The molecule has 0 unspecified atom stereocenters. The van der Waals surface area contributed by atoms with Crippen LogP contribution in [0.5, 0.6) is 0 Å². The van der Waals surface area contributed by atoms with Crippen molar-refractivity contribution in [3.05, 3.63) is 84.2 Å². The number of benzene rings is 1. The van der Waals surface area contributed by atoms with Gasteiger partial charge in [0.25, 0.3) is 0 Å². The van der Waals surface area contributed by atoms with E-state index >= 15 is 0 Å². The van der Waals surface area contributed by atoms with Gasteiger partial charge in [-0.15, -0.1) is 0 Å². The van der Waals surface area contributed by atoms with Gasteiger partial charge in [0.15, 0.2) is 0 Å². The van der Waals surface area contributed by atoms with Gasteiger partial charge < -0.3 is 20.0 Å². The number of anilines is 1. The van der Waals surface area contributed by atoms with Gasteiger partial charge in [0.1, 0.15) is 23.4 Å². The Morgan fingerprint density at radius 1 is 1.00 bits per heavy atom. The monoisotopic (exact) mass is 520 g/mol. The minimum atomic E-state index is -0.975. The molecule has 2 aromatic heterocycles. The van der Waals surface area contributed by atoms with E-state index in [0.29, 0.717) is 17.1 Å². The quantitative estimate of drug-likeness (QED) is 0.364. The van der Waals surface area contributed by atoms with Crippen LogP contribution in [0.3, 0.4) is 0 Å². The molecule has 1 atom stereocenters. The average molecular weight is 521 g/mol. The topological polar surface area (TPSA) is 105 Å². The summed E-state index contributed by atoms with van der Waals surface area (Å²) in [7, 11) is 0. The van der Waals surface area contributed by atoms with Crippen LogP contribution in [-0.2, 0) is 20.9 Å². The van der Waals surface area contributed by atoms with E-state index in [9.17, 15) is 18.8 Å². The third-order valence-electron chi connectivity index (χ3n) is 6.65. The van der Waals surface area contributed by atoms with E-state index in [1.54, 1.807) is 36.5 Å². The van der Waals surface area contributed by atoms with Gasteiger partial charge in [-0.1, -0.05) is 37.5 Å². The fourth-order valence-electron chi connectivity index (χ4n) is 4.72. The molecule has 1 aromatic carbocycles. The second-order valence-electron chi connectivity index (χ2n) is 9.52. The second-order valence-corrected chi connectivity index (χ2v) is 9.52. The van der Waals surface area contributed by atoms with Gasteiger partial charge in [0.05, 0.1) is 12.8 Å². The third kappa shape index (κ3) is 7.74. The number of amides is 3. The largest absolute Gasteiger partial charge is 0.467 e. The highest BCUT2D eigenvalue weighted by molar-refractivity contribution is 5.91. The number of halogens is 1. The summed E-state index contributed by atoms with van der Waals surface area (Å²) in [6.07, 6.45) is 8.55. The minimum Gasteiger partial charge on any atom is -0.467 e. The van der Waals surface area contributed by atoms with Crippen LogP contribution in [0.15, 0.2) is 71.5 Å². The van der Waals surface area contributed by atoms with E-state index in [-0.39, 0.29) is 49.6 Å². The van der Waals surface area contributed by atoms with E-state index in [2.05, 4.69) is 15.6 Å². The molecule has 3 amide bonds. The lowest BCUT2D eigenvalue weighted by atomic mass is 9.94. The number of nitrogens with one attached hydrogen (secondary N) is 2. The van der Waals surface area contributed by atoms with E-state index in [4.69, 9.17) is 4.42 Å². The highest BCUT2D eigenvalue weighted by atomic mass is 19.1. The van der Waals surface area contributed by atoms with Crippen LogP contribution in [0.2, 0.25) is 0 Å². The molecule has 200 valence electrons. The maximum absolute atomic E-state index is 13.7. The lowest BCUT2D eigenvalue weighted by Crippen LogP contribution is -2.46. The van der Waals surface area contributed by atoms with Crippen molar-refractivity contribution in [2.75, 3.05) is 5.32 Å². The standard InChI is InChI=1S/C29H33FN4O4/c30-22-16-14-21(15-17-22)28(29(37)32-23-8-2-1-3-9-23)34(20-24-10-7-19-38-24)27(36)13-6-12-26(35)33-25-11-4-5-18-31-25/h4-5,7,10-11,14-19,23,28H,1-3,6,8-9,12-13,20H2,(H,32,37)(H,31,33,35)/t28-/m0/s1. The van der Waals surface area contributed by atoms with Gasteiger partial charge in [-0.25, -0.2) is 9.37 Å². The van der Waals surface area contributed by atoms with Crippen LogP contribution >= 0.6 is 0 Å². The normalized spacial score (nSPS) is 14.4. The zero-order valence-electron chi connectivity index (χ0n) is 21.3. The van der Waals surface area contributed by atoms with Gasteiger partial charge in [-0.05, 0) is 61.2 Å². The van der Waals surface area contributed by atoms with Crippen molar-refractivity contribution in [1.29, 1.82) is 0 Å². The molecule has 1 saturated carbocycles. The van der Waals surface area contributed by atoms with Crippen LogP contribution in [0.4, 0.5) is 10.2 Å². The number of hydrogen-bond donors (Lipinski definition) is 2. The Balaban J connectivity index is 1.50. The molecule has 8 nitrogen and oxygen atoms in total. The van der Waals surface area contributed by atoms with Crippen LogP contribution in [-0.4, -0.2) is 33.6 Å². The summed E-state index contributed by atoms with van der Waals surface area (Å²) in [4.78, 5) is 45.1. The summed E-state index contributed by atoms with van der Waals surface area (Å²) in [6, 6.07) is 13.4. The molecule has 0 aliphatic heterocycles. The number of carbonyl (C=O) groups excluding carboxylic acids is 3. The summed E-state index contributed by atoms with van der Waals surface area (Å²) < 4.78 is 19.3. The number of carbonyl (C=O) groups is 3. The van der Waals surface area contributed by atoms with Crippen molar-refractivity contribution >= 4 is 23.5 Å². The van der Waals surface area contributed by atoms with Crippen molar-refractivity contribution in [1.82, 2.24) is 15.2 Å². The van der Waals surface area contributed by atoms with Gasteiger partial charge >= 0.3 is 0 Å². The Kier molecular flexibility index (Phi) is 9.61. The Morgan fingerprint density at radius 2 is 1.79 bits per heavy atom. The Labute approximate surface area is 221 Å². The molecule has 0 saturated heterocycles. The smallest absolute Gasteiger partial charge is 0.247 e. The molecular formula is C29H33FN4O4. The molecule has 2 N–H and O–H groups in total. The van der Waals surface area contributed by atoms with Crippen molar-refractivity contribution < 1.29 is 23.2 Å². The molecule has 3 aromatic rings. The molecule has 1 fully saturated rings. The number of furan rings is 1. The zero-order chi connectivity index (χ0) is 26.7. The highest BCUT2D eigenvalue weighted by Crippen LogP contribution is 2.27. The molecule has 0 radical (unpaired) electrons. The van der Waals surface area contributed by atoms with Gasteiger partial charge in [-0.3, -0.25) is 14.4 Å². The third-order valence-corrected chi connectivity index (χ3v) is 6.65. The number of rotatable bonds is 11. The lowest BCUT2D eigenvalue weighted by Gasteiger charge is -2.33. The summed E-state index contributed by atoms with van der Waals surface area (Å²) in [5.41, 5.74) is 0.507.